The van der Waals surface area contributed by atoms with E-state index in [1.54, 1.807) is 38.1 Å². The van der Waals surface area contributed by atoms with Gasteiger partial charge in [0.25, 0.3) is 5.91 Å². The third-order valence-electron chi connectivity index (χ3n) is 3.57. The molecular weight excluding hydrogens is 396 g/mol. The lowest BCUT2D eigenvalue weighted by Crippen LogP contribution is -2.30. The van der Waals surface area contributed by atoms with Gasteiger partial charge in [0.15, 0.2) is 6.61 Å². The molecule has 156 valence electrons. The zero-order chi connectivity index (χ0) is 21.4. The number of hydrogen-bond acceptors (Lipinski definition) is 6. The zero-order valence-corrected chi connectivity index (χ0v) is 17.3. The number of carbonyl (C=O) groups excluding carboxylic acids is 2. The lowest BCUT2D eigenvalue weighted by Gasteiger charge is -2.12. The molecule has 0 bridgehead atoms. The maximum atomic E-state index is 12.2. The smallest absolute Gasteiger partial charge is 0.338 e. The van der Waals surface area contributed by atoms with Crippen molar-refractivity contribution in [2.24, 2.45) is 0 Å². The second-order valence-corrected chi connectivity index (χ2v) is 8.07. The van der Waals surface area contributed by atoms with Gasteiger partial charge in [-0.15, -0.1) is 0 Å². The van der Waals surface area contributed by atoms with Crippen LogP contribution < -0.4 is 14.8 Å². The van der Waals surface area contributed by atoms with Gasteiger partial charge in [-0.1, -0.05) is 18.2 Å². The third-order valence-corrected chi connectivity index (χ3v) is 5.22. The lowest BCUT2D eigenvalue weighted by atomic mass is 10.2. The monoisotopic (exact) mass is 420 g/mol. The molecule has 0 aliphatic heterocycles. The van der Waals surface area contributed by atoms with E-state index in [1.807, 2.05) is 6.92 Å². The Morgan fingerprint density at radius 1 is 1.07 bits per heavy atom. The number of ether oxygens (including phenoxy) is 2. The number of nitrogens with one attached hydrogen (secondary N) is 2. The molecule has 9 heteroatoms. The van der Waals surface area contributed by atoms with Gasteiger partial charge in [0.2, 0.25) is 10.0 Å². The number of hydrogen-bond donors (Lipinski definition) is 2. The normalized spacial score (nSPS) is 11.2. The van der Waals surface area contributed by atoms with Crippen molar-refractivity contribution >= 4 is 27.6 Å². The van der Waals surface area contributed by atoms with E-state index in [0.29, 0.717) is 18.0 Å². The maximum Gasteiger partial charge on any atom is 0.338 e. The molecule has 0 saturated carbocycles. The summed E-state index contributed by atoms with van der Waals surface area (Å²) in [5, 5.41) is 2.61. The van der Waals surface area contributed by atoms with Gasteiger partial charge in [-0.05, 0) is 51.1 Å². The number of anilines is 1. The van der Waals surface area contributed by atoms with Gasteiger partial charge in [0, 0.05) is 6.04 Å². The highest BCUT2D eigenvalue weighted by molar-refractivity contribution is 7.89. The number of amides is 1. The molecular formula is C20H24N2O6S. The Kier molecular flexibility index (Phi) is 7.74. The third kappa shape index (κ3) is 6.58. The quantitative estimate of drug-likeness (QED) is 0.603. The van der Waals surface area contributed by atoms with Crippen molar-refractivity contribution in [3.63, 3.8) is 0 Å². The van der Waals surface area contributed by atoms with Crippen molar-refractivity contribution < 1.29 is 27.5 Å². The Labute approximate surface area is 170 Å². The molecule has 0 aliphatic rings. The van der Waals surface area contributed by atoms with Crippen LogP contribution in [0, 0.1) is 0 Å². The summed E-state index contributed by atoms with van der Waals surface area (Å²) in [5.41, 5.74) is 0.488. The highest BCUT2D eigenvalue weighted by Gasteiger charge is 2.18. The fraction of sp³-hybridized carbons (Fsp3) is 0.300. The van der Waals surface area contributed by atoms with Crippen molar-refractivity contribution in [3.8, 4) is 5.75 Å². The number of benzene rings is 2. The maximum absolute atomic E-state index is 12.2. The number of esters is 1. The second-order valence-electron chi connectivity index (χ2n) is 6.36. The summed E-state index contributed by atoms with van der Waals surface area (Å²) in [6, 6.07) is 12.0. The first-order valence-corrected chi connectivity index (χ1v) is 10.5. The van der Waals surface area contributed by atoms with Gasteiger partial charge >= 0.3 is 5.97 Å². The summed E-state index contributed by atoms with van der Waals surface area (Å²) < 4.78 is 37.3. The van der Waals surface area contributed by atoms with Crippen LogP contribution in [0.5, 0.6) is 5.75 Å². The van der Waals surface area contributed by atoms with Crippen molar-refractivity contribution in [2.75, 3.05) is 18.5 Å². The van der Waals surface area contributed by atoms with E-state index in [4.69, 9.17) is 9.47 Å². The van der Waals surface area contributed by atoms with Gasteiger partial charge < -0.3 is 14.8 Å². The van der Waals surface area contributed by atoms with E-state index in [2.05, 4.69) is 10.0 Å². The number of carbonyl (C=O) groups is 2. The highest BCUT2D eigenvalue weighted by Crippen LogP contribution is 2.23. The first-order valence-electron chi connectivity index (χ1n) is 9.04. The molecule has 29 heavy (non-hydrogen) atoms. The van der Waals surface area contributed by atoms with Crippen LogP contribution >= 0.6 is 0 Å². The molecule has 0 fully saturated rings. The number of para-hydroxylation sites is 2. The summed E-state index contributed by atoms with van der Waals surface area (Å²) in [6.45, 7) is 5.12. The van der Waals surface area contributed by atoms with E-state index in [1.165, 1.54) is 24.3 Å². The molecule has 0 spiro atoms. The summed E-state index contributed by atoms with van der Waals surface area (Å²) in [5.74, 6) is -0.846. The van der Waals surface area contributed by atoms with Gasteiger partial charge in [0.1, 0.15) is 5.75 Å². The molecule has 0 unspecified atom stereocenters. The first kappa shape index (κ1) is 22.4. The average molecular weight is 420 g/mol. The van der Waals surface area contributed by atoms with E-state index in [9.17, 15) is 18.0 Å². The predicted molar refractivity (Wildman–Crippen MR) is 108 cm³/mol. The van der Waals surface area contributed by atoms with Crippen LogP contribution in [-0.4, -0.2) is 39.5 Å². The SMILES string of the molecule is CCOc1ccccc1NC(=O)COC(=O)c1cccc(S(=O)(=O)NC(C)C)c1. The molecule has 2 aromatic rings. The Bertz CT molecular complexity index is 972. The minimum atomic E-state index is -3.75. The highest BCUT2D eigenvalue weighted by atomic mass is 32.2. The van der Waals surface area contributed by atoms with Crippen LogP contribution in [0.3, 0.4) is 0 Å². The van der Waals surface area contributed by atoms with Crippen molar-refractivity contribution in [2.45, 2.75) is 31.7 Å². The van der Waals surface area contributed by atoms with Crippen LogP contribution in [0.2, 0.25) is 0 Å². The summed E-state index contributed by atoms with van der Waals surface area (Å²) >= 11 is 0. The minimum Gasteiger partial charge on any atom is -0.492 e. The number of rotatable bonds is 9. The lowest BCUT2D eigenvalue weighted by molar-refractivity contribution is -0.119. The largest absolute Gasteiger partial charge is 0.492 e. The van der Waals surface area contributed by atoms with Gasteiger partial charge in [-0.2, -0.15) is 0 Å². The molecule has 0 atom stereocenters. The van der Waals surface area contributed by atoms with E-state index >= 15 is 0 Å². The molecule has 0 saturated heterocycles. The van der Waals surface area contributed by atoms with Crippen LogP contribution in [0.4, 0.5) is 5.69 Å². The fourth-order valence-corrected chi connectivity index (χ4v) is 3.72. The predicted octanol–water partition coefficient (Wildman–Crippen LogP) is 2.57. The van der Waals surface area contributed by atoms with Gasteiger partial charge in [-0.25, -0.2) is 17.9 Å². The standard InChI is InChI=1S/C20H24N2O6S/c1-4-27-18-11-6-5-10-17(18)21-19(23)13-28-20(24)15-8-7-9-16(12-15)29(25,26)22-14(2)3/h5-12,14,22H,4,13H2,1-3H3,(H,21,23). The second kappa shape index (κ2) is 10.0. The molecule has 2 N–H and O–H groups in total. The Morgan fingerprint density at radius 2 is 1.79 bits per heavy atom. The molecule has 0 aliphatic carbocycles. The van der Waals surface area contributed by atoms with Crippen molar-refractivity contribution in [3.05, 3.63) is 54.1 Å². The average Bonchev–Trinajstić information content (AvgIpc) is 2.67. The van der Waals surface area contributed by atoms with Gasteiger partial charge in [-0.3, -0.25) is 4.79 Å². The zero-order valence-electron chi connectivity index (χ0n) is 16.5. The van der Waals surface area contributed by atoms with Gasteiger partial charge in [0.05, 0.1) is 22.8 Å². The van der Waals surface area contributed by atoms with E-state index in [-0.39, 0.29) is 16.5 Å². The minimum absolute atomic E-state index is 0.0270. The number of sulfonamides is 1. The topological polar surface area (TPSA) is 111 Å². The summed E-state index contributed by atoms with van der Waals surface area (Å²) in [4.78, 5) is 24.3. The van der Waals surface area contributed by atoms with E-state index < -0.39 is 28.5 Å². The Balaban J connectivity index is 2.01. The first-order chi connectivity index (χ1) is 13.7. The van der Waals surface area contributed by atoms with E-state index in [0.717, 1.165) is 0 Å². The fourth-order valence-electron chi connectivity index (χ4n) is 2.42. The van der Waals surface area contributed by atoms with Crippen molar-refractivity contribution in [1.82, 2.24) is 4.72 Å². The van der Waals surface area contributed by atoms with Crippen LogP contribution in [0.1, 0.15) is 31.1 Å². The molecule has 1 amide bonds. The molecule has 2 aromatic carbocycles. The molecule has 0 heterocycles. The molecule has 0 aromatic heterocycles. The van der Waals surface area contributed by atoms with Crippen LogP contribution in [0.25, 0.3) is 0 Å². The summed E-state index contributed by atoms with van der Waals surface area (Å²) in [7, 11) is -3.75. The Hall–Kier alpha value is -2.91. The Morgan fingerprint density at radius 3 is 2.48 bits per heavy atom. The molecule has 2 rings (SSSR count). The van der Waals surface area contributed by atoms with Crippen LogP contribution in [0.15, 0.2) is 53.4 Å². The molecule has 8 nitrogen and oxygen atoms in total. The molecule has 0 radical (unpaired) electrons. The summed E-state index contributed by atoms with van der Waals surface area (Å²) in [6.07, 6.45) is 0. The van der Waals surface area contributed by atoms with Crippen molar-refractivity contribution in [1.29, 1.82) is 0 Å². The van der Waals surface area contributed by atoms with Crippen LogP contribution in [-0.2, 0) is 19.6 Å².